The molecule has 1 aromatic carbocycles. The van der Waals surface area contributed by atoms with Crippen LogP contribution in [0.2, 0.25) is 0 Å². The number of amides is 1. The molecule has 1 aromatic heterocycles. The lowest BCUT2D eigenvalue weighted by atomic mass is 10.0. The lowest BCUT2D eigenvalue weighted by molar-refractivity contribution is -0.123. The van der Waals surface area contributed by atoms with Crippen LogP contribution in [-0.2, 0) is 17.9 Å². The number of carbonyl (C=O) groups is 1. The van der Waals surface area contributed by atoms with Crippen LogP contribution in [0, 0.1) is 0 Å². The molecule has 0 bridgehead atoms. The van der Waals surface area contributed by atoms with Crippen molar-refractivity contribution >= 4 is 5.91 Å². The molecular formula is C19H26N4O2. The van der Waals surface area contributed by atoms with Gasteiger partial charge in [-0.1, -0.05) is 18.6 Å². The molecule has 1 aliphatic rings. The van der Waals surface area contributed by atoms with Crippen molar-refractivity contribution in [2.24, 2.45) is 0 Å². The van der Waals surface area contributed by atoms with Gasteiger partial charge in [-0.15, -0.1) is 0 Å². The molecule has 1 saturated heterocycles. The first-order chi connectivity index (χ1) is 12.2. The summed E-state index contributed by atoms with van der Waals surface area (Å²) in [6.07, 6.45) is 7.26. The van der Waals surface area contributed by atoms with Crippen molar-refractivity contribution in [2.45, 2.75) is 38.4 Å². The summed E-state index contributed by atoms with van der Waals surface area (Å²) in [7, 11) is 1.65. The van der Waals surface area contributed by atoms with Crippen molar-refractivity contribution in [3.05, 3.63) is 48.3 Å². The molecule has 1 N–H and O–H groups in total. The number of carbonyl (C=O) groups excluding carboxylic acids is 1. The minimum absolute atomic E-state index is 0.0650. The molecule has 2 heterocycles. The Morgan fingerprint density at radius 1 is 1.36 bits per heavy atom. The van der Waals surface area contributed by atoms with E-state index >= 15 is 0 Å². The predicted octanol–water partition coefficient (Wildman–Crippen LogP) is 2.06. The van der Waals surface area contributed by atoms with E-state index in [1.165, 1.54) is 6.42 Å². The highest BCUT2D eigenvalue weighted by atomic mass is 16.5. The second-order valence-corrected chi connectivity index (χ2v) is 6.48. The van der Waals surface area contributed by atoms with Crippen LogP contribution >= 0.6 is 0 Å². The van der Waals surface area contributed by atoms with Gasteiger partial charge in [-0.05, 0) is 43.1 Å². The largest absolute Gasteiger partial charge is 0.497 e. The number of hydrogen-bond acceptors (Lipinski definition) is 4. The summed E-state index contributed by atoms with van der Waals surface area (Å²) >= 11 is 0. The lowest BCUT2D eigenvalue weighted by Gasteiger charge is -2.35. The van der Waals surface area contributed by atoms with Gasteiger partial charge in [-0.3, -0.25) is 14.4 Å². The highest BCUT2D eigenvalue weighted by Crippen LogP contribution is 2.18. The fourth-order valence-corrected chi connectivity index (χ4v) is 3.32. The first kappa shape index (κ1) is 17.5. The maximum absolute atomic E-state index is 12.4. The molecule has 134 valence electrons. The fourth-order valence-electron chi connectivity index (χ4n) is 3.32. The van der Waals surface area contributed by atoms with Crippen LogP contribution in [0.15, 0.2) is 42.7 Å². The number of aromatic nitrogens is 2. The Hall–Kier alpha value is -2.34. The molecular weight excluding hydrogens is 316 g/mol. The third-order valence-electron chi connectivity index (χ3n) is 4.68. The van der Waals surface area contributed by atoms with E-state index in [1.54, 1.807) is 13.3 Å². The van der Waals surface area contributed by atoms with Crippen LogP contribution in [0.1, 0.15) is 24.8 Å². The fraction of sp³-hybridized carbons (Fsp3) is 0.474. The molecule has 0 unspecified atom stereocenters. The normalized spacial score (nSPS) is 18.0. The molecule has 25 heavy (non-hydrogen) atoms. The van der Waals surface area contributed by atoms with Crippen molar-refractivity contribution < 1.29 is 9.53 Å². The van der Waals surface area contributed by atoms with Crippen molar-refractivity contribution in [3.8, 4) is 5.75 Å². The molecule has 1 amide bonds. The maximum atomic E-state index is 12.4. The van der Waals surface area contributed by atoms with Gasteiger partial charge in [0, 0.05) is 25.0 Å². The van der Waals surface area contributed by atoms with E-state index in [0.717, 1.165) is 37.2 Å². The van der Waals surface area contributed by atoms with Gasteiger partial charge in [-0.2, -0.15) is 5.10 Å². The van der Waals surface area contributed by atoms with Gasteiger partial charge in [0.25, 0.3) is 0 Å². The minimum Gasteiger partial charge on any atom is -0.497 e. The second-order valence-electron chi connectivity index (χ2n) is 6.48. The second kappa shape index (κ2) is 8.67. The number of piperidine rings is 1. The molecule has 0 radical (unpaired) electrons. The lowest BCUT2D eigenvalue weighted by Crippen LogP contribution is -2.47. The highest BCUT2D eigenvalue weighted by Gasteiger charge is 2.24. The van der Waals surface area contributed by atoms with Crippen molar-refractivity contribution in [2.75, 3.05) is 20.2 Å². The zero-order chi connectivity index (χ0) is 17.5. The Balaban J connectivity index is 1.51. The Morgan fingerprint density at radius 2 is 2.28 bits per heavy atom. The molecule has 2 aromatic rings. The Labute approximate surface area is 148 Å². The van der Waals surface area contributed by atoms with Crippen molar-refractivity contribution in [1.82, 2.24) is 20.0 Å². The van der Waals surface area contributed by atoms with Gasteiger partial charge in [0.05, 0.1) is 20.2 Å². The van der Waals surface area contributed by atoms with Gasteiger partial charge >= 0.3 is 0 Å². The Bertz CT molecular complexity index is 672. The minimum atomic E-state index is 0.0650. The standard InChI is InChI=1S/C19H26N4O2/c1-25-18-8-4-6-16(12-18)13-20-19(24)15-22-10-3-2-7-17(22)14-23-11-5-9-21-23/h4-6,8-9,11-12,17H,2-3,7,10,13-15H2,1H3,(H,20,24)/t17-/m0/s1. The third-order valence-corrected chi connectivity index (χ3v) is 4.68. The molecule has 6 heteroatoms. The van der Waals surface area contributed by atoms with Crippen LogP contribution in [0.25, 0.3) is 0 Å². The number of methoxy groups -OCH3 is 1. The molecule has 0 spiro atoms. The Kier molecular flexibility index (Phi) is 6.06. The number of ether oxygens (including phenoxy) is 1. The summed E-state index contributed by atoms with van der Waals surface area (Å²) in [6, 6.07) is 10.1. The molecule has 0 saturated carbocycles. The maximum Gasteiger partial charge on any atom is 0.234 e. The molecule has 1 aliphatic heterocycles. The van der Waals surface area contributed by atoms with E-state index in [-0.39, 0.29) is 5.91 Å². The van der Waals surface area contributed by atoms with Gasteiger partial charge in [0.1, 0.15) is 5.75 Å². The summed E-state index contributed by atoms with van der Waals surface area (Å²) in [5.74, 6) is 0.872. The SMILES string of the molecule is COc1cccc(CNC(=O)CN2CCCC[C@H]2Cn2cccn2)c1. The molecule has 1 fully saturated rings. The van der Waals surface area contributed by atoms with Crippen LogP contribution in [0.5, 0.6) is 5.75 Å². The van der Waals surface area contributed by atoms with Crippen LogP contribution in [0.3, 0.4) is 0 Å². The van der Waals surface area contributed by atoms with Gasteiger partial charge < -0.3 is 10.1 Å². The topological polar surface area (TPSA) is 59.4 Å². The number of rotatable bonds is 7. The Morgan fingerprint density at radius 3 is 3.08 bits per heavy atom. The van der Waals surface area contributed by atoms with E-state index in [2.05, 4.69) is 15.3 Å². The van der Waals surface area contributed by atoms with Crippen molar-refractivity contribution in [1.29, 1.82) is 0 Å². The van der Waals surface area contributed by atoms with Gasteiger partial charge in [0.15, 0.2) is 0 Å². The van der Waals surface area contributed by atoms with Gasteiger partial charge in [-0.25, -0.2) is 0 Å². The van der Waals surface area contributed by atoms with E-state index in [4.69, 9.17) is 4.74 Å². The van der Waals surface area contributed by atoms with E-state index in [1.807, 2.05) is 41.2 Å². The number of benzene rings is 1. The van der Waals surface area contributed by atoms with Crippen LogP contribution in [-0.4, -0.2) is 46.8 Å². The summed E-state index contributed by atoms with van der Waals surface area (Å²) in [4.78, 5) is 14.7. The highest BCUT2D eigenvalue weighted by molar-refractivity contribution is 5.78. The molecule has 1 atom stereocenters. The smallest absolute Gasteiger partial charge is 0.234 e. The van der Waals surface area contributed by atoms with E-state index in [9.17, 15) is 4.79 Å². The van der Waals surface area contributed by atoms with Crippen molar-refractivity contribution in [3.63, 3.8) is 0 Å². The number of hydrogen-bond donors (Lipinski definition) is 1. The summed E-state index contributed by atoms with van der Waals surface area (Å²) in [5.41, 5.74) is 1.04. The quantitative estimate of drug-likeness (QED) is 0.837. The van der Waals surface area contributed by atoms with E-state index in [0.29, 0.717) is 19.1 Å². The average Bonchev–Trinajstić information content (AvgIpc) is 3.15. The average molecular weight is 342 g/mol. The predicted molar refractivity (Wildman–Crippen MR) is 96.3 cm³/mol. The van der Waals surface area contributed by atoms with Crippen LogP contribution < -0.4 is 10.1 Å². The summed E-state index contributed by atoms with van der Waals surface area (Å²) in [6.45, 7) is 2.78. The van der Waals surface area contributed by atoms with Crippen LogP contribution in [0.4, 0.5) is 0 Å². The molecule has 3 rings (SSSR count). The number of nitrogens with zero attached hydrogens (tertiary/aromatic N) is 3. The van der Waals surface area contributed by atoms with Gasteiger partial charge in [0.2, 0.25) is 5.91 Å². The van der Waals surface area contributed by atoms with E-state index < -0.39 is 0 Å². The summed E-state index contributed by atoms with van der Waals surface area (Å²) in [5, 5.41) is 7.31. The third kappa shape index (κ3) is 5.06. The first-order valence-corrected chi connectivity index (χ1v) is 8.85. The zero-order valence-corrected chi connectivity index (χ0v) is 14.7. The zero-order valence-electron chi connectivity index (χ0n) is 14.7. The molecule has 0 aliphatic carbocycles. The molecule has 6 nitrogen and oxygen atoms in total. The monoisotopic (exact) mass is 342 g/mol. The number of nitrogens with one attached hydrogen (secondary N) is 1. The number of likely N-dealkylation sites (tertiary alicyclic amines) is 1. The summed E-state index contributed by atoms with van der Waals surface area (Å²) < 4.78 is 7.17. The first-order valence-electron chi connectivity index (χ1n) is 8.85.